The quantitative estimate of drug-likeness (QED) is 0.749. The molecular weight excluding hydrogens is 181 g/mol. The van der Waals surface area contributed by atoms with Crippen molar-refractivity contribution in [2.24, 2.45) is 5.92 Å². The second kappa shape index (κ2) is 3.86. The van der Waals surface area contributed by atoms with Crippen LogP contribution in [0.1, 0.15) is 19.3 Å². The van der Waals surface area contributed by atoms with Crippen molar-refractivity contribution in [3.8, 4) is 5.75 Å². The van der Waals surface area contributed by atoms with Crippen molar-refractivity contribution in [2.45, 2.75) is 19.3 Å². The molecule has 2 rings (SSSR count). The highest BCUT2D eigenvalue weighted by Gasteiger charge is 2.20. The molecule has 1 aliphatic carbocycles. The number of hydrogen-bond donors (Lipinski definition) is 1. The number of anilines is 1. The number of rotatable bonds is 4. The lowest BCUT2D eigenvalue weighted by Gasteiger charge is -2.08. The number of nitrogens with two attached hydrogens (primary N) is 1. The largest absolute Gasteiger partial charge is 0.491 e. The molecule has 0 bridgehead atoms. The van der Waals surface area contributed by atoms with Crippen LogP contribution in [0.4, 0.5) is 10.1 Å². The van der Waals surface area contributed by atoms with Crippen LogP contribution >= 0.6 is 0 Å². The van der Waals surface area contributed by atoms with E-state index in [9.17, 15) is 4.39 Å². The van der Waals surface area contributed by atoms with Crippen LogP contribution in [-0.2, 0) is 0 Å². The Bertz CT molecular complexity index is 323. The molecule has 0 amide bonds. The normalized spacial score (nSPS) is 15.5. The zero-order valence-corrected chi connectivity index (χ0v) is 8.00. The van der Waals surface area contributed by atoms with Crippen molar-refractivity contribution in [2.75, 3.05) is 12.3 Å². The summed E-state index contributed by atoms with van der Waals surface area (Å²) in [6, 6.07) is 4.65. The van der Waals surface area contributed by atoms with Gasteiger partial charge in [0, 0.05) is 0 Å². The number of ether oxygens (including phenoxy) is 1. The van der Waals surface area contributed by atoms with Crippen molar-refractivity contribution in [1.82, 2.24) is 0 Å². The summed E-state index contributed by atoms with van der Waals surface area (Å²) in [5.41, 5.74) is 5.63. The van der Waals surface area contributed by atoms with E-state index in [0.29, 0.717) is 12.4 Å². The SMILES string of the molecule is Nc1c(F)cccc1OCCC1CC1. The summed E-state index contributed by atoms with van der Waals surface area (Å²) in [4.78, 5) is 0. The van der Waals surface area contributed by atoms with Crippen LogP contribution in [0.2, 0.25) is 0 Å². The Balaban J connectivity index is 1.90. The van der Waals surface area contributed by atoms with E-state index in [1.165, 1.54) is 18.9 Å². The molecule has 3 heteroatoms. The van der Waals surface area contributed by atoms with Gasteiger partial charge in [-0.05, 0) is 24.5 Å². The summed E-state index contributed by atoms with van der Waals surface area (Å²) in [5.74, 6) is 0.879. The summed E-state index contributed by atoms with van der Waals surface area (Å²) in [6.07, 6.45) is 3.67. The fourth-order valence-corrected chi connectivity index (χ4v) is 1.39. The first-order valence-corrected chi connectivity index (χ1v) is 4.94. The lowest BCUT2D eigenvalue weighted by atomic mass is 10.3. The molecule has 14 heavy (non-hydrogen) atoms. The molecule has 0 aromatic heterocycles. The van der Waals surface area contributed by atoms with Gasteiger partial charge in [0.05, 0.1) is 6.61 Å². The van der Waals surface area contributed by atoms with E-state index < -0.39 is 5.82 Å². The minimum absolute atomic E-state index is 0.114. The average molecular weight is 195 g/mol. The summed E-state index contributed by atoms with van der Waals surface area (Å²) < 4.78 is 18.4. The molecule has 0 radical (unpaired) electrons. The smallest absolute Gasteiger partial charge is 0.149 e. The summed E-state index contributed by atoms with van der Waals surface area (Å²) in [6.45, 7) is 0.637. The predicted octanol–water partition coefficient (Wildman–Crippen LogP) is 2.59. The molecule has 76 valence electrons. The molecule has 0 unspecified atom stereocenters. The van der Waals surface area contributed by atoms with E-state index in [2.05, 4.69) is 0 Å². The van der Waals surface area contributed by atoms with Crippen molar-refractivity contribution in [3.63, 3.8) is 0 Å². The van der Waals surface area contributed by atoms with Crippen LogP contribution in [0, 0.1) is 11.7 Å². The maximum absolute atomic E-state index is 13.0. The van der Waals surface area contributed by atoms with Gasteiger partial charge in [0.1, 0.15) is 17.3 Å². The van der Waals surface area contributed by atoms with E-state index in [0.717, 1.165) is 12.3 Å². The van der Waals surface area contributed by atoms with E-state index in [1.54, 1.807) is 12.1 Å². The molecule has 0 heterocycles. The molecule has 1 aromatic carbocycles. The van der Waals surface area contributed by atoms with Crippen LogP contribution in [-0.4, -0.2) is 6.61 Å². The number of para-hydroxylation sites is 1. The summed E-state index contributed by atoms with van der Waals surface area (Å²) in [5, 5.41) is 0. The predicted molar refractivity (Wildman–Crippen MR) is 53.6 cm³/mol. The second-order valence-corrected chi connectivity index (χ2v) is 3.73. The molecule has 2 N–H and O–H groups in total. The van der Waals surface area contributed by atoms with Gasteiger partial charge >= 0.3 is 0 Å². The van der Waals surface area contributed by atoms with Crippen LogP contribution in [0.15, 0.2) is 18.2 Å². The highest BCUT2D eigenvalue weighted by atomic mass is 19.1. The Morgan fingerprint density at radius 3 is 2.93 bits per heavy atom. The standard InChI is InChI=1S/C11H14FNO/c12-9-2-1-3-10(11(9)13)14-7-6-8-4-5-8/h1-3,8H,4-7,13H2. The zero-order valence-electron chi connectivity index (χ0n) is 8.00. The third kappa shape index (κ3) is 2.16. The molecule has 1 fully saturated rings. The fraction of sp³-hybridized carbons (Fsp3) is 0.455. The summed E-state index contributed by atoms with van der Waals surface area (Å²) in [7, 11) is 0. The van der Waals surface area contributed by atoms with Gasteiger partial charge in [-0.15, -0.1) is 0 Å². The second-order valence-electron chi connectivity index (χ2n) is 3.73. The zero-order chi connectivity index (χ0) is 9.97. The third-order valence-corrected chi connectivity index (χ3v) is 2.49. The van der Waals surface area contributed by atoms with Gasteiger partial charge in [0.2, 0.25) is 0 Å². The van der Waals surface area contributed by atoms with Gasteiger partial charge in [0.15, 0.2) is 0 Å². The maximum atomic E-state index is 13.0. The van der Waals surface area contributed by atoms with E-state index >= 15 is 0 Å². The molecule has 1 aliphatic rings. The minimum Gasteiger partial charge on any atom is -0.491 e. The molecule has 0 atom stereocenters. The highest BCUT2D eigenvalue weighted by Crippen LogP contribution is 2.32. The molecular formula is C11H14FNO. The van der Waals surface area contributed by atoms with E-state index in [1.807, 2.05) is 0 Å². The van der Waals surface area contributed by atoms with Crippen LogP contribution in [0.5, 0.6) is 5.75 Å². The topological polar surface area (TPSA) is 35.2 Å². The summed E-state index contributed by atoms with van der Waals surface area (Å²) >= 11 is 0. The van der Waals surface area contributed by atoms with Crippen molar-refractivity contribution < 1.29 is 9.13 Å². The van der Waals surface area contributed by atoms with Gasteiger partial charge in [0.25, 0.3) is 0 Å². The van der Waals surface area contributed by atoms with Gasteiger partial charge in [-0.25, -0.2) is 4.39 Å². The van der Waals surface area contributed by atoms with Crippen molar-refractivity contribution in [3.05, 3.63) is 24.0 Å². The molecule has 0 spiro atoms. The first kappa shape index (κ1) is 9.31. The number of nitrogen functional groups attached to an aromatic ring is 1. The van der Waals surface area contributed by atoms with Crippen LogP contribution in [0.3, 0.4) is 0 Å². The average Bonchev–Trinajstić information content (AvgIpc) is 2.96. The Hall–Kier alpha value is -1.25. The Kier molecular flexibility index (Phi) is 2.57. The molecule has 0 saturated heterocycles. The van der Waals surface area contributed by atoms with Crippen molar-refractivity contribution in [1.29, 1.82) is 0 Å². The van der Waals surface area contributed by atoms with Crippen LogP contribution in [0.25, 0.3) is 0 Å². The Labute approximate surface area is 82.9 Å². The van der Waals surface area contributed by atoms with Gasteiger partial charge in [-0.1, -0.05) is 18.9 Å². The first-order valence-electron chi connectivity index (χ1n) is 4.94. The highest BCUT2D eigenvalue weighted by molar-refractivity contribution is 5.53. The fourth-order valence-electron chi connectivity index (χ4n) is 1.39. The van der Waals surface area contributed by atoms with Gasteiger partial charge in [-0.2, -0.15) is 0 Å². The van der Waals surface area contributed by atoms with Gasteiger partial charge < -0.3 is 10.5 Å². The molecule has 2 nitrogen and oxygen atoms in total. The Morgan fingerprint density at radius 2 is 2.21 bits per heavy atom. The number of benzene rings is 1. The third-order valence-electron chi connectivity index (χ3n) is 2.49. The van der Waals surface area contributed by atoms with Gasteiger partial charge in [-0.3, -0.25) is 0 Å². The number of halogens is 1. The molecule has 1 saturated carbocycles. The lowest BCUT2D eigenvalue weighted by molar-refractivity contribution is 0.303. The van der Waals surface area contributed by atoms with Crippen LogP contribution < -0.4 is 10.5 Å². The maximum Gasteiger partial charge on any atom is 0.149 e. The molecule has 1 aromatic rings. The first-order chi connectivity index (χ1) is 6.77. The van der Waals surface area contributed by atoms with E-state index in [-0.39, 0.29) is 5.69 Å². The lowest BCUT2D eigenvalue weighted by Crippen LogP contribution is -2.02. The minimum atomic E-state index is -0.408. The molecule has 0 aliphatic heterocycles. The Morgan fingerprint density at radius 1 is 1.43 bits per heavy atom. The monoisotopic (exact) mass is 195 g/mol. The number of hydrogen-bond acceptors (Lipinski definition) is 2. The van der Waals surface area contributed by atoms with E-state index in [4.69, 9.17) is 10.5 Å². The van der Waals surface area contributed by atoms with Crippen molar-refractivity contribution >= 4 is 5.69 Å².